The SMILES string of the molecule is Nc1cc(F)c(N2CCC(C3CSC3)CC2)c(F)c1. The summed E-state index contributed by atoms with van der Waals surface area (Å²) in [6.45, 7) is 1.48. The van der Waals surface area contributed by atoms with Crippen LogP contribution >= 0.6 is 11.8 Å². The Morgan fingerprint density at radius 1 is 1.05 bits per heavy atom. The lowest BCUT2D eigenvalue weighted by atomic mass is 9.86. The van der Waals surface area contributed by atoms with Crippen LogP contribution in [0.1, 0.15) is 12.8 Å². The molecular weight excluding hydrogens is 266 g/mol. The van der Waals surface area contributed by atoms with Gasteiger partial charge in [-0.2, -0.15) is 11.8 Å². The molecule has 19 heavy (non-hydrogen) atoms. The first-order valence-electron chi connectivity index (χ1n) is 6.72. The van der Waals surface area contributed by atoms with Crippen LogP contribution in [0, 0.1) is 23.5 Å². The molecule has 2 aliphatic rings. The van der Waals surface area contributed by atoms with Gasteiger partial charge >= 0.3 is 0 Å². The summed E-state index contributed by atoms with van der Waals surface area (Å²) in [5, 5.41) is 0. The lowest BCUT2D eigenvalue weighted by Crippen LogP contribution is -2.40. The van der Waals surface area contributed by atoms with Crippen LogP contribution in [0.25, 0.3) is 0 Å². The van der Waals surface area contributed by atoms with Crippen LogP contribution in [0.2, 0.25) is 0 Å². The van der Waals surface area contributed by atoms with Gasteiger partial charge in [0, 0.05) is 18.8 Å². The molecule has 5 heteroatoms. The van der Waals surface area contributed by atoms with Crippen LogP contribution in [0.4, 0.5) is 20.2 Å². The number of benzene rings is 1. The average molecular weight is 284 g/mol. The van der Waals surface area contributed by atoms with E-state index in [9.17, 15) is 8.78 Å². The second-order valence-electron chi connectivity index (χ2n) is 5.46. The Balaban J connectivity index is 1.71. The smallest absolute Gasteiger partial charge is 0.151 e. The Hall–Kier alpha value is -0.970. The normalized spacial score (nSPS) is 21.5. The van der Waals surface area contributed by atoms with Gasteiger partial charge in [-0.1, -0.05) is 0 Å². The van der Waals surface area contributed by atoms with Gasteiger partial charge in [0.15, 0.2) is 11.6 Å². The predicted octanol–water partition coefficient (Wildman–Crippen LogP) is 3.13. The summed E-state index contributed by atoms with van der Waals surface area (Å²) >= 11 is 1.99. The highest BCUT2D eigenvalue weighted by atomic mass is 32.2. The molecule has 0 aliphatic carbocycles. The number of nitrogens with zero attached hydrogens (tertiary/aromatic N) is 1. The van der Waals surface area contributed by atoms with Crippen molar-refractivity contribution in [1.29, 1.82) is 0 Å². The third-order valence-electron chi connectivity index (χ3n) is 4.23. The Kier molecular flexibility index (Phi) is 3.56. The second-order valence-corrected chi connectivity index (χ2v) is 6.53. The Morgan fingerprint density at radius 3 is 2.11 bits per heavy atom. The lowest BCUT2D eigenvalue weighted by molar-refractivity contribution is 0.307. The summed E-state index contributed by atoms with van der Waals surface area (Å²) in [6, 6.07) is 2.40. The van der Waals surface area contributed by atoms with E-state index in [1.807, 2.05) is 16.7 Å². The van der Waals surface area contributed by atoms with Crippen LogP contribution in [-0.4, -0.2) is 24.6 Å². The zero-order valence-corrected chi connectivity index (χ0v) is 11.6. The van der Waals surface area contributed by atoms with Crippen molar-refractivity contribution in [2.24, 2.45) is 11.8 Å². The molecule has 1 aromatic rings. The number of hydrogen-bond acceptors (Lipinski definition) is 3. The molecule has 2 N–H and O–H groups in total. The van der Waals surface area contributed by atoms with E-state index in [1.165, 1.54) is 23.6 Å². The van der Waals surface area contributed by atoms with Gasteiger partial charge in [-0.3, -0.25) is 0 Å². The quantitative estimate of drug-likeness (QED) is 0.846. The molecule has 0 spiro atoms. The van der Waals surface area contributed by atoms with Crippen LogP contribution in [0.5, 0.6) is 0 Å². The third-order valence-corrected chi connectivity index (χ3v) is 5.55. The third kappa shape index (κ3) is 2.53. The van der Waals surface area contributed by atoms with Gasteiger partial charge in [-0.05, 0) is 48.3 Å². The highest BCUT2D eigenvalue weighted by Crippen LogP contribution is 2.38. The number of hydrogen-bond donors (Lipinski definition) is 1. The van der Waals surface area contributed by atoms with Crippen molar-refractivity contribution in [2.75, 3.05) is 35.2 Å². The minimum absolute atomic E-state index is 0.0932. The molecule has 2 nitrogen and oxygen atoms in total. The summed E-state index contributed by atoms with van der Waals surface area (Å²) in [5.74, 6) is 2.99. The van der Waals surface area contributed by atoms with E-state index in [-0.39, 0.29) is 11.4 Å². The van der Waals surface area contributed by atoms with Gasteiger partial charge in [0.1, 0.15) is 5.69 Å². The molecular formula is C14H18F2N2S. The van der Waals surface area contributed by atoms with Crippen molar-refractivity contribution in [3.63, 3.8) is 0 Å². The molecule has 2 fully saturated rings. The molecule has 104 valence electrons. The topological polar surface area (TPSA) is 29.3 Å². The van der Waals surface area contributed by atoms with E-state index < -0.39 is 11.6 Å². The summed E-state index contributed by atoms with van der Waals surface area (Å²) in [7, 11) is 0. The van der Waals surface area contributed by atoms with E-state index in [0.29, 0.717) is 0 Å². The maximum Gasteiger partial charge on any atom is 0.151 e. The predicted molar refractivity (Wildman–Crippen MR) is 76.5 cm³/mol. The van der Waals surface area contributed by atoms with E-state index in [1.54, 1.807) is 0 Å². The first-order valence-corrected chi connectivity index (χ1v) is 7.88. The fraction of sp³-hybridized carbons (Fsp3) is 0.571. The van der Waals surface area contributed by atoms with Gasteiger partial charge in [-0.15, -0.1) is 0 Å². The number of halogens is 2. The molecule has 2 saturated heterocycles. The van der Waals surface area contributed by atoms with Crippen LogP contribution < -0.4 is 10.6 Å². The molecule has 0 bridgehead atoms. The largest absolute Gasteiger partial charge is 0.399 e. The highest BCUT2D eigenvalue weighted by molar-refractivity contribution is 8.00. The van der Waals surface area contributed by atoms with Crippen LogP contribution in [0.3, 0.4) is 0 Å². The molecule has 3 rings (SSSR count). The molecule has 1 aromatic carbocycles. The highest BCUT2D eigenvalue weighted by Gasteiger charge is 2.32. The van der Waals surface area contributed by atoms with Crippen LogP contribution in [-0.2, 0) is 0 Å². The number of rotatable bonds is 2. The number of nitrogen functional groups attached to an aromatic ring is 1. The Labute approximate surface area is 116 Å². The van der Waals surface area contributed by atoms with Gasteiger partial charge in [0.2, 0.25) is 0 Å². The maximum absolute atomic E-state index is 13.9. The fourth-order valence-corrected chi connectivity index (χ4v) is 4.06. The zero-order valence-electron chi connectivity index (χ0n) is 10.7. The van der Waals surface area contributed by atoms with Gasteiger partial charge in [0.25, 0.3) is 0 Å². The molecule has 0 unspecified atom stereocenters. The summed E-state index contributed by atoms with van der Waals surface area (Å²) in [5.41, 5.74) is 5.68. The average Bonchev–Trinajstić information content (AvgIpc) is 2.27. The van der Waals surface area contributed by atoms with Crippen molar-refractivity contribution in [3.8, 4) is 0 Å². The fourth-order valence-electron chi connectivity index (χ4n) is 3.01. The first kappa shape index (κ1) is 13.0. The Morgan fingerprint density at radius 2 is 1.63 bits per heavy atom. The molecule has 0 atom stereocenters. The molecule has 0 radical (unpaired) electrons. The van der Waals surface area contributed by atoms with Crippen molar-refractivity contribution in [1.82, 2.24) is 0 Å². The second kappa shape index (κ2) is 5.19. The van der Waals surface area contributed by atoms with E-state index in [4.69, 9.17) is 5.73 Å². The number of thioether (sulfide) groups is 1. The molecule has 0 aromatic heterocycles. The van der Waals surface area contributed by atoms with Crippen molar-refractivity contribution in [3.05, 3.63) is 23.8 Å². The van der Waals surface area contributed by atoms with E-state index >= 15 is 0 Å². The van der Waals surface area contributed by atoms with Crippen molar-refractivity contribution >= 4 is 23.1 Å². The zero-order chi connectivity index (χ0) is 13.4. The van der Waals surface area contributed by atoms with Gasteiger partial charge in [0.05, 0.1) is 0 Å². The standard InChI is InChI=1S/C14H18F2N2S/c15-12-5-11(17)6-13(16)14(12)18-3-1-9(2-4-18)10-7-19-8-10/h5-6,9-10H,1-4,7-8,17H2. The van der Waals surface area contributed by atoms with Gasteiger partial charge in [-0.25, -0.2) is 8.78 Å². The minimum atomic E-state index is -0.546. The summed E-state index contributed by atoms with van der Waals surface area (Å²) < 4.78 is 27.7. The minimum Gasteiger partial charge on any atom is -0.399 e. The molecule has 0 amide bonds. The van der Waals surface area contributed by atoms with Crippen LogP contribution in [0.15, 0.2) is 12.1 Å². The molecule has 2 aliphatic heterocycles. The maximum atomic E-state index is 13.9. The summed E-state index contributed by atoms with van der Waals surface area (Å²) in [6.07, 6.45) is 2.07. The van der Waals surface area contributed by atoms with E-state index in [2.05, 4.69) is 0 Å². The number of anilines is 2. The van der Waals surface area contributed by atoms with Crippen molar-refractivity contribution in [2.45, 2.75) is 12.8 Å². The summed E-state index contributed by atoms with van der Waals surface area (Å²) in [4.78, 5) is 1.83. The van der Waals surface area contributed by atoms with Gasteiger partial charge < -0.3 is 10.6 Å². The Bertz CT molecular complexity index is 446. The van der Waals surface area contributed by atoms with Crippen molar-refractivity contribution < 1.29 is 8.78 Å². The lowest BCUT2D eigenvalue weighted by Gasteiger charge is -2.40. The number of piperidine rings is 1. The van der Waals surface area contributed by atoms with E-state index in [0.717, 1.165) is 37.8 Å². The first-order chi connectivity index (χ1) is 9.15. The molecule has 2 heterocycles. The number of nitrogens with two attached hydrogens (primary N) is 1. The monoisotopic (exact) mass is 284 g/mol. The molecule has 0 saturated carbocycles.